The molecule has 0 fully saturated rings. The van der Waals surface area contributed by atoms with E-state index in [2.05, 4.69) is 27.2 Å². The molecule has 0 aliphatic rings. The Balaban J connectivity index is 1.72. The zero-order chi connectivity index (χ0) is 22.8. The summed E-state index contributed by atoms with van der Waals surface area (Å²) in [4.78, 5) is 32.3. The van der Waals surface area contributed by atoms with Gasteiger partial charge in [0.05, 0.1) is 41.7 Å². The van der Waals surface area contributed by atoms with Crippen LogP contribution in [0.25, 0.3) is 0 Å². The standard InChI is InChI=1S/C21H24ClFN4O4/c1-3-14(27-21(30)12-31-17-4-5-18(22)19(23)8-17)6-16(28)7-20(29)26-11-15-10-24-13(2)9-25-15/h3-5,8-10,14,16,28H,1,6-7,11-12H2,2H3,(H,26,29)(H,27,30). The minimum Gasteiger partial charge on any atom is -0.484 e. The largest absolute Gasteiger partial charge is 0.484 e. The third kappa shape index (κ3) is 8.69. The maximum Gasteiger partial charge on any atom is 0.258 e. The van der Waals surface area contributed by atoms with E-state index in [9.17, 15) is 19.1 Å². The van der Waals surface area contributed by atoms with Gasteiger partial charge >= 0.3 is 0 Å². The lowest BCUT2D eigenvalue weighted by molar-refractivity contribution is -0.123. The first kappa shape index (κ1) is 24.2. The third-order valence-electron chi connectivity index (χ3n) is 4.14. The molecule has 31 heavy (non-hydrogen) atoms. The van der Waals surface area contributed by atoms with Gasteiger partial charge in [0.25, 0.3) is 5.91 Å². The summed E-state index contributed by atoms with van der Waals surface area (Å²) in [7, 11) is 0. The van der Waals surface area contributed by atoms with Crippen molar-refractivity contribution in [3.8, 4) is 5.75 Å². The van der Waals surface area contributed by atoms with E-state index in [0.717, 1.165) is 11.8 Å². The van der Waals surface area contributed by atoms with Crippen LogP contribution < -0.4 is 15.4 Å². The number of amides is 2. The highest BCUT2D eigenvalue weighted by Gasteiger charge is 2.17. The second-order valence-electron chi connectivity index (χ2n) is 6.79. The third-order valence-corrected chi connectivity index (χ3v) is 4.45. The van der Waals surface area contributed by atoms with E-state index in [1.807, 2.05) is 6.92 Å². The fourth-order valence-corrected chi connectivity index (χ4v) is 2.66. The fraction of sp³-hybridized carbons (Fsp3) is 0.333. The quantitative estimate of drug-likeness (QED) is 0.452. The lowest BCUT2D eigenvalue weighted by Crippen LogP contribution is -2.39. The van der Waals surface area contributed by atoms with Gasteiger partial charge in [-0.25, -0.2) is 4.39 Å². The van der Waals surface area contributed by atoms with E-state index >= 15 is 0 Å². The lowest BCUT2D eigenvalue weighted by Gasteiger charge is -2.18. The summed E-state index contributed by atoms with van der Waals surface area (Å²) in [5.74, 6) is -1.35. The molecular weight excluding hydrogens is 427 g/mol. The number of carbonyl (C=O) groups excluding carboxylic acids is 2. The van der Waals surface area contributed by atoms with Crippen LogP contribution in [0, 0.1) is 12.7 Å². The Morgan fingerprint density at radius 2 is 2.10 bits per heavy atom. The molecule has 3 N–H and O–H groups in total. The summed E-state index contributed by atoms with van der Waals surface area (Å²) in [5.41, 5.74) is 1.37. The number of ether oxygens (including phenoxy) is 1. The summed E-state index contributed by atoms with van der Waals surface area (Å²) in [6.45, 7) is 5.27. The van der Waals surface area contributed by atoms with E-state index in [4.69, 9.17) is 16.3 Å². The predicted octanol–water partition coefficient (Wildman–Crippen LogP) is 2.08. The number of halogens is 2. The Morgan fingerprint density at radius 3 is 2.74 bits per heavy atom. The van der Waals surface area contributed by atoms with Gasteiger partial charge in [0.2, 0.25) is 5.91 Å². The molecule has 0 saturated carbocycles. The van der Waals surface area contributed by atoms with Gasteiger partial charge in [-0.05, 0) is 25.5 Å². The maximum absolute atomic E-state index is 13.4. The molecule has 2 atom stereocenters. The summed E-state index contributed by atoms with van der Waals surface area (Å²) in [6.07, 6.45) is 3.54. The molecule has 2 amide bonds. The Morgan fingerprint density at radius 1 is 1.32 bits per heavy atom. The smallest absolute Gasteiger partial charge is 0.258 e. The number of aromatic nitrogens is 2. The molecule has 8 nitrogen and oxygen atoms in total. The molecule has 0 spiro atoms. The van der Waals surface area contributed by atoms with Gasteiger partial charge in [-0.15, -0.1) is 6.58 Å². The van der Waals surface area contributed by atoms with Crippen LogP contribution in [0.5, 0.6) is 5.75 Å². The van der Waals surface area contributed by atoms with Gasteiger partial charge in [-0.2, -0.15) is 0 Å². The monoisotopic (exact) mass is 450 g/mol. The van der Waals surface area contributed by atoms with Gasteiger partial charge in [-0.1, -0.05) is 17.7 Å². The first-order valence-corrected chi connectivity index (χ1v) is 9.86. The van der Waals surface area contributed by atoms with Crippen LogP contribution in [0.4, 0.5) is 4.39 Å². The van der Waals surface area contributed by atoms with Crippen molar-refractivity contribution in [3.05, 3.63) is 65.5 Å². The molecule has 166 valence electrons. The van der Waals surface area contributed by atoms with E-state index < -0.39 is 23.9 Å². The number of nitrogens with one attached hydrogen (secondary N) is 2. The first-order chi connectivity index (χ1) is 14.8. The summed E-state index contributed by atoms with van der Waals surface area (Å²) < 4.78 is 18.6. The van der Waals surface area contributed by atoms with Crippen LogP contribution in [-0.4, -0.2) is 45.6 Å². The molecule has 0 radical (unpaired) electrons. The van der Waals surface area contributed by atoms with Gasteiger partial charge in [-0.3, -0.25) is 19.6 Å². The Bertz CT molecular complexity index is 911. The van der Waals surface area contributed by atoms with Crippen molar-refractivity contribution in [2.75, 3.05) is 6.61 Å². The molecule has 0 aliphatic heterocycles. The first-order valence-electron chi connectivity index (χ1n) is 9.49. The number of aryl methyl sites for hydroxylation is 1. The van der Waals surface area contributed by atoms with Crippen molar-refractivity contribution in [2.45, 2.75) is 38.5 Å². The molecule has 0 bridgehead atoms. The van der Waals surface area contributed by atoms with Crippen LogP contribution in [0.2, 0.25) is 5.02 Å². The molecule has 2 rings (SSSR count). The normalized spacial score (nSPS) is 12.5. The molecule has 1 heterocycles. The molecule has 1 aromatic heterocycles. The molecule has 0 saturated heterocycles. The maximum atomic E-state index is 13.4. The molecule has 0 aliphatic carbocycles. The van der Waals surface area contributed by atoms with Crippen molar-refractivity contribution in [1.29, 1.82) is 0 Å². The molecule has 2 aromatic rings. The van der Waals surface area contributed by atoms with Gasteiger partial charge in [0, 0.05) is 18.3 Å². The SMILES string of the molecule is C=CC(CC(O)CC(=O)NCc1cnc(C)cn1)NC(=O)COc1ccc(Cl)c(F)c1. The number of aliphatic hydroxyl groups is 1. The van der Waals surface area contributed by atoms with Crippen LogP contribution in [0.1, 0.15) is 24.2 Å². The van der Waals surface area contributed by atoms with Crippen LogP contribution >= 0.6 is 11.6 Å². The number of hydrogen-bond acceptors (Lipinski definition) is 6. The van der Waals surface area contributed by atoms with Crippen molar-refractivity contribution in [2.24, 2.45) is 0 Å². The summed E-state index contributed by atoms with van der Waals surface area (Å²) in [5, 5.41) is 15.4. The van der Waals surface area contributed by atoms with Crippen molar-refractivity contribution in [3.63, 3.8) is 0 Å². The van der Waals surface area contributed by atoms with E-state index in [0.29, 0.717) is 5.69 Å². The second-order valence-corrected chi connectivity index (χ2v) is 7.20. The van der Waals surface area contributed by atoms with Crippen LogP contribution in [0.3, 0.4) is 0 Å². The molecule has 1 aromatic carbocycles. The Hall–Kier alpha value is -3.04. The zero-order valence-electron chi connectivity index (χ0n) is 17.0. The predicted molar refractivity (Wildman–Crippen MR) is 113 cm³/mol. The Kier molecular flexibility index (Phi) is 9.36. The highest BCUT2D eigenvalue weighted by molar-refractivity contribution is 6.30. The number of hydrogen-bond donors (Lipinski definition) is 3. The highest BCUT2D eigenvalue weighted by Crippen LogP contribution is 2.20. The lowest BCUT2D eigenvalue weighted by atomic mass is 10.1. The number of aliphatic hydroxyl groups excluding tert-OH is 1. The zero-order valence-corrected chi connectivity index (χ0v) is 17.7. The number of rotatable bonds is 11. The number of benzene rings is 1. The topological polar surface area (TPSA) is 113 Å². The fourth-order valence-electron chi connectivity index (χ4n) is 2.54. The van der Waals surface area contributed by atoms with E-state index in [1.165, 1.54) is 18.2 Å². The van der Waals surface area contributed by atoms with Crippen LogP contribution in [-0.2, 0) is 16.1 Å². The highest BCUT2D eigenvalue weighted by atomic mass is 35.5. The van der Waals surface area contributed by atoms with Crippen molar-refractivity contribution in [1.82, 2.24) is 20.6 Å². The molecular formula is C21H24ClFN4O4. The van der Waals surface area contributed by atoms with Gasteiger partial charge in [0.1, 0.15) is 11.6 Å². The average Bonchev–Trinajstić information content (AvgIpc) is 2.73. The van der Waals surface area contributed by atoms with Crippen molar-refractivity contribution >= 4 is 23.4 Å². The summed E-state index contributed by atoms with van der Waals surface area (Å²) >= 11 is 5.59. The van der Waals surface area contributed by atoms with E-state index in [1.54, 1.807) is 12.4 Å². The Labute approximate surface area is 184 Å². The average molecular weight is 451 g/mol. The second kappa shape index (κ2) is 12.0. The minimum atomic E-state index is -1.00. The van der Waals surface area contributed by atoms with Crippen molar-refractivity contribution < 1.29 is 23.8 Å². The summed E-state index contributed by atoms with van der Waals surface area (Å²) in [6, 6.07) is 3.26. The van der Waals surface area contributed by atoms with E-state index in [-0.39, 0.29) is 42.7 Å². The molecule has 2 unspecified atom stereocenters. The van der Waals surface area contributed by atoms with Gasteiger partial charge < -0.3 is 20.5 Å². The van der Waals surface area contributed by atoms with Crippen LogP contribution in [0.15, 0.2) is 43.2 Å². The van der Waals surface area contributed by atoms with Gasteiger partial charge in [0.15, 0.2) is 6.61 Å². The number of carbonyl (C=O) groups is 2. The minimum absolute atomic E-state index is 0.0478. The molecule has 10 heteroatoms. The number of nitrogens with zero attached hydrogens (tertiary/aromatic N) is 2.